The van der Waals surface area contributed by atoms with Gasteiger partial charge in [0.1, 0.15) is 29.2 Å². The lowest BCUT2D eigenvalue weighted by Gasteiger charge is -2.26. The van der Waals surface area contributed by atoms with Gasteiger partial charge in [0.05, 0.1) is 6.04 Å². The van der Waals surface area contributed by atoms with Crippen LogP contribution in [0.5, 0.6) is 11.5 Å². The van der Waals surface area contributed by atoms with Crippen molar-refractivity contribution in [2.24, 2.45) is 0 Å². The molecule has 2 unspecified atom stereocenters. The van der Waals surface area contributed by atoms with Crippen LogP contribution in [0.2, 0.25) is 0 Å². The second-order valence-corrected chi connectivity index (χ2v) is 10.8. The largest absolute Gasteiger partial charge is 0.457 e. The highest BCUT2D eigenvalue weighted by atomic mass is 19.1. The van der Waals surface area contributed by atoms with Gasteiger partial charge < -0.3 is 20.3 Å². The summed E-state index contributed by atoms with van der Waals surface area (Å²) in [5, 5.41) is 23.9. The van der Waals surface area contributed by atoms with E-state index in [1.165, 1.54) is 30.5 Å². The van der Waals surface area contributed by atoms with E-state index in [2.05, 4.69) is 5.32 Å². The third-order valence-electron chi connectivity index (χ3n) is 7.77. The fraction of sp³-hybridized carbons (Fsp3) is 0.176. The molecule has 2 atom stereocenters. The maximum absolute atomic E-state index is 15.8. The van der Waals surface area contributed by atoms with Gasteiger partial charge in [0, 0.05) is 35.4 Å². The zero-order valence-corrected chi connectivity index (χ0v) is 23.3. The van der Waals surface area contributed by atoms with Crippen LogP contribution in [0.15, 0.2) is 89.9 Å². The molecule has 0 saturated heterocycles. The number of nitrogens with zero attached hydrogens (tertiary/aromatic N) is 1. The Kier molecular flexibility index (Phi) is 7.29. The molecule has 1 amide bonds. The molecule has 9 heteroatoms. The van der Waals surface area contributed by atoms with Gasteiger partial charge in [0.25, 0.3) is 5.56 Å². The number of carbonyl (C=O) groups excluding carboxylic acids is 1. The summed E-state index contributed by atoms with van der Waals surface area (Å²) in [4.78, 5) is 27.6. The van der Waals surface area contributed by atoms with Gasteiger partial charge >= 0.3 is 0 Å². The Hall–Kier alpha value is -4.86. The third-order valence-corrected chi connectivity index (χ3v) is 7.77. The maximum Gasteiger partial charge on any atom is 0.252 e. The van der Waals surface area contributed by atoms with Crippen LogP contribution in [0.3, 0.4) is 0 Å². The minimum atomic E-state index is -1.91. The Labute approximate surface area is 245 Å². The molecule has 1 aromatic heterocycles. The van der Waals surface area contributed by atoms with Gasteiger partial charge in [-0.15, -0.1) is 0 Å². The topological polar surface area (TPSA) is 101 Å². The smallest absolute Gasteiger partial charge is 0.252 e. The molecule has 0 fully saturated rings. The number of pyridine rings is 1. The quantitative estimate of drug-likeness (QED) is 0.233. The maximum atomic E-state index is 15.8. The molecule has 2 heterocycles. The first-order valence-electron chi connectivity index (χ1n) is 13.8. The molecule has 6 rings (SSSR count). The Morgan fingerprint density at radius 3 is 2.42 bits per heavy atom. The van der Waals surface area contributed by atoms with Gasteiger partial charge in [-0.05, 0) is 77.7 Å². The molecule has 0 spiro atoms. The summed E-state index contributed by atoms with van der Waals surface area (Å²) in [6.45, 7) is 3.44. The standard InChI is InChI=1S/C34H28F2N2O5/c1-18-6-5-9-28-31(18)22-12-19(2)32(36)25(13-22)27(16-30(40)41)37-34(42)33(24-15-23(43-28)10-11-26(24)35)38-17-21-8-4-3-7-20(21)14-29(38)39/h3-15,17,27,30,33,40-41H,16H2,1-2H3,(H,37,42). The van der Waals surface area contributed by atoms with Crippen LogP contribution in [0.25, 0.3) is 21.9 Å². The van der Waals surface area contributed by atoms with Crippen molar-refractivity contribution in [2.45, 2.75) is 38.6 Å². The zero-order chi connectivity index (χ0) is 30.4. The van der Waals surface area contributed by atoms with E-state index in [1.54, 1.807) is 49.4 Å². The zero-order valence-electron chi connectivity index (χ0n) is 23.3. The van der Waals surface area contributed by atoms with Gasteiger partial charge in [-0.25, -0.2) is 8.78 Å². The summed E-state index contributed by atoms with van der Waals surface area (Å²) in [5.41, 5.74) is 1.57. The van der Waals surface area contributed by atoms with Crippen molar-refractivity contribution in [1.82, 2.24) is 9.88 Å². The predicted molar refractivity (Wildman–Crippen MR) is 158 cm³/mol. The lowest BCUT2D eigenvalue weighted by molar-refractivity contribution is -0.125. The number of halogens is 2. The Balaban J connectivity index is 1.65. The number of benzene rings is 4. The summed E-state index contributed by atoms with van der Waals surface area (Å²) in [5.74, 6) is -1.64. The minimum Gasteiger partial charge on any atom is -0.457 e. The van der Waals surface area contributed by atoms with E-state index in [1.807, 2.05) is 13.0 Å². The number of nitrogens with one attached hydrogen (secondary N) is 1. The first-order chi connectivity index (χ1) is 20.6. The lowest BCUT2D eigenvalue weighted by Crippen LogP contribution is -2.40. The molecule has 5 aromatic rings. The number of aryl methyl sites for hydroxylation is 2. The number of aliphatic hydroxyl groups excluding tert-OH is 1. The first-order valence-corrected chi connectivity index (χ1v) is 13.8. The summed E-state index contributed by atoms with van der Waals surface area (Å²) in [6, 6.07) is 18.1. The van der Waals surface area contributed by atoms with Gasteiger partial charge in [0.15, 0.2) is 6.29 Å². The summed E-state index contributed by atoms with van der Waals surface area (Å²) in [7, 11) is 0. The number of carbonyl (C=O) groups is 1. The Bertz CT molecular complexity index is 1950. The highest BCUT2D eigenvalue weighted by Crippen LogP contribution is 2.40. The van der Waals surface area contributed by atoms with Crippen LogP contribution in [-0.4, -0.2) is 27.0 Å². The molecule has 1 aliphatic rings. The summed E-state index contributed by atoms with van der Waals surface area (Å²) < 4.78 is 38.8. The average Bonchev–Trinajstić information content (AvgIpc) is 2.96. The molecule has 43 heavy (non-hydrogen) atoms. The van der Waals surface area contributed by atoms with E-state index in [9.17, 15) is 19.8 Å². The van der Waals surface area contributed by atoms with Crippen molar-refractivity contribution in [2.75, 3.05) is 0 Å². The van der Waals surface area contributed by atoms with E-state index in [0.717, 1.165) is 16.2 Å². The highest BCUT2D eigenvalue weighted by molar-refractivity contribution is 5.86. The van der Waals surface area contributed by atoms with Crippen LogP contribution < -0.4 is 15.6 Å². The van der Waals surface area contributed by atoms with E-state index in [0.29, 0.717) is 27.6 Å². The van der Waals surface area contributed by atoms with Crippen LogP contribution >= 0.6 is 0 Å². The Morgan fingerprint density at radius 1 is 0.884 bits per heavy atom. The average molecular weight is 583 g/mol. The highest BCUT2D eigenvalue weighted by Gasteiger charge is 2.32. The van der Waals surface area contributed by atoms with Gasteiger partial charge in [-0.1, -0.05) is 36.4 Å². The number of ether oxygens (including phenoxy) is 1. The number of hydrogen-bond donors (Lipinski definition) is 3. The molecule has 0 saturated carbocycles. The number of rotatable bonds is 3. The minimum absolute atomic E-state index is 0.00156. The second kappa shape index (κ2) is 11.1. The lowest BCUT2D eigenvalue weighted by atomic mass is 9.92. The molecule has 218 valence electrons. The summed E-state index contributed by atoms with van der Waals surface area (Å²) >= 11 is 0. The van der Waals surface area contributed by atoms with Gasteiger partial charge in [-0.3, -0.25) is 14.2 Å². The molecule has 0 radical (unpaired) electrons. The molecular weight excluding hydrogens is 554 g/mol. The SMILES string of the molecule is Cc1cc2cc(c1F)C(CC(O)O)NC(=O)C(n1cc3ccccc3cc1=O)c1cc(ccc1F)Oc1cccc(C)c1-2. The van der Waals surface area contributed by atoms with E-state index in [-0.39, 0.29) is 22.4 Å². The molecular formula is C34H28F2N2O5. The number of aliphatic hydroxyl groups is 2. The van der Waals surface area contributed by atoms with Crippen molar-refractivity contribution in [3.63, 3.8) is 0 Å². The number of fused-ring (bicyclic) bond motifs is 7. The molecule has 3 N–H and O–H groups in total. The fourth-order valence-electron chi connectivity index (χ4n) is 5.74. The van der Waals surface area contributed by atoms with Crippen molar-refractivity contribution in [3.05, 3.63) is 129 Å². The van der Waals surface area contributed by atoms with Gasteiger partial charge in [0.2, 0.25) is 5.91 Å². The van der Waals surface area contributed by atoms with Crippen LogP contribution in [0.4, 0.5) is 8.78 Å². The normalized spacial score (nSPS) is 16.5. The number of amides is 1. The molecule has 4 bridgehead atoms. The van der Waals surface area contributed by atoms with Crippen LogP contribution in [0.1, 0.15) is 40.8 Å². The number of hydrogen-bond acceptors (Lipinski definition) is 5. The molecule has 0 aliphatic carbocycles. The molecule has 7 nitrogen and oxygen atoms in total. The fourth-order valence-corrected chi connectivity index (χ4v) is 5.74. The molecule has 1 aliphatic heterocycles. The van der Waals surface area contributed by atoms with Crippen LogP contribution in [-0.2, 0) is 4.79 Å². The van der Waals surface area contributed by atoms with Crippen LogP contribution in [0, 0.1) is 25.5 Å². The van der Waals surface area contributed by atoms with Crippen molar-refractivity contribution < 1.29 is 28.5 Å². The predicted octanol–water partition coefficient (Wildman–Crippen LogP) is 5.82. The van der Waals surface area contributed by atoms with E-state index < -0.39 is 47.9 Å². The van der Waals surface area contributed by atoms with Gasteiger partial charge in [-0.2, -0.15) is 0 Å². The monoisotopic (exact) mass is 582 g/mol. The Morgan fingerprint density at radius 2 is 1.65 bits per heavy atom. The van der Waals surface area contributed by atoms with Crippen molar-refractivity contribution >= 4 is 16.7 Å². The third kappa shape index (κ3) is 5.29. The second-order valence-electron chi connectivity index (χ2n) is 10.8. The van der Waals surface area contributed by atoms with Crippen molar-refractivity contribution in [1.29, 1.82) is 0 Å². The molecule has 4 aromatic carbocycles. The van der Waals surface area contributed by atoms with Crippen molar-refractivity contribution in [3.8, 4) is 22.6 Å². The van der Waals surface area contributed by atoms with E-state index in [4.69, 9.17) is 4.74 Å². The first kappa shape index (κ1) is 28.3. The number of aromatic nitrogens is 1. The van der Waals surface area contributed by atoms with E-state index >= 15 is 8.78 Å². The summed E-state index contributed by atoms with van der Waals surface area (Å²) in [6.07, 6.45) is -0.916.